The number of benzene rings is 1. The number of anilines is 1. The maximum atomic E-state index is 10.8. The molecule has 1 saturated heterocycles. The maximum absolute atomic E-state index is 10.8. The fraction of sp³-hybridized carbons (Fsp3) is 0.294. The molecule has 1 unspecified atom stereocenters. The molecule has 2 heterocycles. The van der Waals surface area contributed by atoms with Gasteiger partial charge in [0.25, 0.3) is 0 Å². The van der Waals surface area contributed by atoms with Gasteiger partial charge in [-0.3, -0.25) is 9.78 Å². The van der Waals surface area contributed by atoms with Crippen molar-refractivity contribution in [3.63, 3.8) is 0 Å². The van der Waals surface area contributed by atoms with Crippen molar-refractivity contribution in [3.8, 4) is 5.75 Å². The Morgan fingerprint density at radius 1 is 1.41 bits per heavy atom. The number of ether oxygens (including phenoxy) is 1. The number of pyridine rings is 1. The van der Waals surface area contributed by atoms with E-state index in [0.717, 1.165) is 30.1 Å². The highest BCUT2D eigenvalue weighted by molar-refractivity contribution is 5.48. The van der Waals surface area contributed by atoms with Crippen molar-refractivity contribution in [1.29, 1.82) is 0 Å². The van der Waals surface area contributed by atoms with E-state index in [1.54, 1.807) is 6.20 Å². The summed E-state index contributed by atoms with van der Waals surface area (Å²) < 4.78 is 12.9. The minimum Gasteiger partial charge on any atom is -0.487 e. The van der Waals surface area contributed by atoms with E-state index in [1.165, 1.54) is 0 Å². The van der Waals surface area contributed by atoms with Gasteiger partial charge < -0.3 is 15.0 Å². The first-order chi connectivity index (χ1) is 11.1. The van der Waals surface area contributed by atoms with Crippen molar-refractivity contribution < 1.29 is 10.9 Å². The second-order valence-electron chi connectivity index (χ2n) is 5.39. The van der Waals surface area contributed by atoms with Crippen molar-refractivity contribution in [2.75, 3.05) is 18.0 Å². The molecule has 0 saturated carbocycles. The Labute approximate surface area is 131 Å². The zero-order chi connectivity index (χ0) is 16.2. The number of amides is 1. The van der Waals surface area contributed by atoms with E-state index in [4.69, 9.17) is 6.11 Å². The molecule has 114 valence electrons. The molecule has 5 nitrogen and oxygen atoms in total. The quantitative estimate of drug-likeness (QED) is 0.860. The van der Waals surface area contributed by atoms with Crippen molar-refractivity contribution in [2.24, 2.45) is 0 Å². The first-order valence-electron chi connectivity index (χ1n) is 7.80. The fourth-order valence-electron chi connectivity index (χ4n) is 2.46. The van der Waals surface area contributed by atoms with Crippen LogP contribution in [0.25, 0.3) is 0 Å². The largest absolute Gasteiger partial charge is 0.487 e. The Balaban J connectivity index is 1.51. The van der Waals surface area contributed by atoms with Crippen LogP contribution < -0.4 is 15.0 Å². The van der Waals surface area contributed by atoms with Gasteiger partial charge in [-0.25, -0.2) is 0 Å². The Morgan fingerprint density at radius 2 is 2.18 bits per heavy atom. The van der Waals surface area contributed by atoms with Gasteiger partial charge in [-0.05, 0) is 36.8 Å². The smallest absolute Gasteiger partial charge is 0.207 e. The van der Waals surface area contributed by atoms with Crippen LogP contribution >= 0.6 is 0 Å². The summed E-state index contributed by atoms with van der Waals surface area (Å²) in [6, 6.07) is 11.4. The number of hydrogen-bond donors (Lipinski definition) is 1. The summed E-state index contributed by atoms with van der Waals surface area (Å²) in [7, 11) is 0. The lowest BCUT2D eigenvalue weighted by atomic mass is 10.1. The molecule has 1 aromatic heterocycles. The van der Waals surface area contributed by atoms with Crippen LogP contribution in [0, 0.1) is 0 Å². The van der Waals surface area contributed by atoms with Crippen molar-refractivity contribution >= 4 is 12.1 Å². The third-order valence-corrected chi connectivity index (χ3v) is 3.82. The molecular formula is C17H19N3O2. The predicted octanol–water partition coefficient (Wildman–Crippen LogP) is 2.16. The molecule has 0 aliphatic carbocycles. The lowest BCUT2D eigenvalue weighted by Crippen LogP contribution is -2.54. The van der Waals surface area contributed by atoms with Gasteiger partial charge in [-0.2, -0.15) is 0 Å². The number of rotatable bonds is 5. The van der Waals surface area contributed by atoms with Gasteiger partial charge in [0.05, 0.1) is 31.0 Å². The molecular weight excluding hydrogens is 278 g/mol. The third-order valence-electron chi connectivity index (χ3n) is 3.82. The standard InChI is InChI=1S/C17H19N3O2/c1-13(19-12-21)14-4-6-16(7-5-14)22-17-10-20(11-17)15-3-2-8-18-9-15/h2-9,12-13,17H,10-11H2,1H3,(H,19,21)/i12T. The lowest BCUT2D eigenvalue weighted by molar-refractivity contribution is -0.110. The molecule has 0 bridgehead atoms. The number of nitrogens with zero attached hydrogens (tertiary/aromatic N) is 2. The van der Waals surface area contributed by atoms with Gasteiger partial charge in [0, 0.05) is 6.20 Å². The molecule has 1 aliphatic heterocycles. The molecule has 1 aliphatic rings. The number of hydrogen-bond acceptors (Lipinski definition) is 4. The van der Waals surface area contributed by atoms with Gasteiger partial charge >= 0.3 is 0 Å². The molecule has 2 aromatic rings. The van der Waals surface area contributed by atoms with E-state index in [1.807, 2.05) is 49.5 Å². The fourth-order valence-corrected chi connectivity index (χ4v) is 2.46. The average molecular weight is 299 g/mol. The van der Waals surface area contributed by atoms with Crippen molar-refractivity contribution in [3.05, 3.63) is 54.4 Å². The van der Waals surface area contributed by atoms with Crippen LogP contribution in [0.5, 0.6) is 5.75 Å². The zero-order valence-corrected chi connectivity index (χ0v) is 12.4. The minimum absolute atomic E-state index is 0.173. The highest BCUT2D eigenvalue weighted by Gasteiger charge is 2.28. The molecule has 1 N–H and O–H groups in total. The predicted molar refractivity (Wildman–Crippen MR) is 84.9 cm³/mol. The van der Waals surface area contributed by atoms with Gasteiger partial charge in [-0.1, -0.05) is 12.1 Å². The lowest BCUT2D eigenvalue weighted by Gasteiger charge is -2.40. The summed E-state index contributed by atoms with van der Waals surface area (Å²) in [5.74, 6) is 0.814. The summed E-state index contributed by atoms with van der Waals surface area (Å²) in [6.07, 6.45) is 3.02. The summed E-state index contributed by atoms with van der Waals surface area (Å²) in [5.41, 5.74) is 2.06. The van der Waals surface area contributed by atoms with E-state index in [0.29, 0.717) is 0 Å². The average Bonchev–Trinajstić information content (AvgIpc) is 2.51. The number of carbonyl (C=O) groups is 1. The Bertz CT molecular complexity index is 657. The monoisotopic (exact) mass is 299 g/mol. The second-order valence-corrected chi connectivity index (χ2v) is 5.39. The van der Waals surface area contributed by atoms with E-state index in [-0.39, 0.29) is 12.1 Å². The van der Waals surface area contributed by atoms with Crippen molar-refractivity contribution in [1.82, 2.24) is 10.3 Å². The van der Waals surface area contributed by atoms with E-state index in [2.05, 4.69) is 15.2 Å². The topological polar surface area (TPSA) is 54.5 Å². The Morgan fingerprint density at radius 3 is 2.82 bits per heavy atom. The highest BCUT2D eigenvalue weighted by atomic mass is 16.5. The number of aromatic nitrogens is 1. The van der Waals surface area contributed by atoms with E-state index >= 15 is 0 Å². The molecule has 0 spiro atoms. The van der Waals surface area contributed by atoms with E-state index < -0.39 is 6.39 Å². The van der Waals surface area contributed by atoms with Crippen LogP contribution in [0.15, 0.2) is 48.8 Å². The van der Waals surface area contributed by atoms with Crippen LogP contribution in [-0.2, 0) is 4.79 Å². The minimum atomic E-state index is -0.775. The van der Waals surface area contributed by atoms with Crippen LogP contribution in [0.3, 0.4) is 0 Å². The molecule has 1 atom stereocenters. The van der Waals surface area contributed by atoms with E-state index in [9.17, 15) is 4.79 Å². The summed E-state index contributed by atoms with van der Waals surface area (Å²) in [5, 5.41) is 2.54. The SMILES string of the molecule is [3H]C(=O)NC(C)c1ccc(OC2CN(c3cccnc3)C2)cc1. The molecule has 22 heavy (non-hydrogen) atoms. The summed E-state index contributed by atoms with van der Waals surface area (Å²) in [4.78, 5) is 17.1. The van der Waals surface area contributed by atoms with Crippen LogP contribution in [0.2, 0.25) is 0 Å². The van der Waals surface area contributed by atoms with Crippen molar-refractivity contribution in [2.45, 2.75) is 19.1 Å². The zero-order valence-electron chi connectivity index (χ0n) is 13.4. The highest BCUT2D eigenvalue weighted by Crippen LogP contribution is 2.24. The molecule has 5 heteroatoms. The second kappa shape index (κ2) is 6.47. The van der Waals surface area contributed by atoms with Gasteiger partial charge in [0.2, 0.25) is 6.39 Å². The molecule has 1 amide bonds. The van der Waals surface area contributed by atoms with Crippen LogP contribution in [-0.4, -0.2) is 30.6 Å². The first-order valence-corrected chi connectivity index (χ1v) is 7.30. The third kappa shape index (κ3) is 3.19. The van der Waals surface area contributed by atoms with Crippen LogP contribution in [0.1, 0.15) is 19.9 Å². The molecule has 3 rings (SSSR count). The molecule has 1 aromatic carbocycles. The first kappa shape index (κ1) is 13.1. The van der Waals surface area contributed by atoms with Gasteiger partial charge in [-0.15, -0.1) is 0 Å². The maximum Gasteiger partial charge on any atom is 0.207 e. The Kier molecular flexibility index (Phi) is 3.86. The Hall–Kier alpha value is -2.56. The summed E-state index contributed by atoms with van der Waals surface area (Å²) in [6.45, 7) is 3.54. The van der Waals surface area contributed by atoms with Gasteiger partial charge in [0.1, 0.15) is 13.2 Å². The van der Waals surface area contributed by atoms with Crippen LogP contribution in [0.4, 0.5) is 5.69 Å². The van der Waals surface area contributed by atoms with Gasteiger partial charge in [0.15, 0.2) is 0 Å². The normalized spacial score (nSPS) is 16.4. The summed E-state index contributed by atoms with van der Waals surface area (Å²) >= 11 is 0. The number of nitrogens with one attached hydrogen (secondary N) is 1. The molecule has 1 fully saturated rings. The number of carbonyl (C=O) groups excluding carboxylic acids is 1. The molecule has 0 radical (unpaired) electrons.